The molecular formula is C29H29FN8O4. The lowest BCUT2D eigenvalue weighted by Crippen LogP contribution is -2.45. The molecule has 5 heterocycles. The molecule has 216 valence electrons. The number of hydrogen-bond donors (Lipinski definition) is 0. The maximum absolute atomic E-state index is 15.3. The SMILES string of the molecule is N#C[C@]1(c2ccc(-c3ccc(N4C[C@H](Cn5ccnn5)OC4=O)cc3F)cn2)[C@@H]2CN(C(=O)CN3CCOCC3)C[C@@H]21. The van der Waals surface area contributed by atoms with E-state index in [0.29, 0.717) is 61.9 Å². The van der Waals surface area contributed by atoms with Gasteiger partial charge >= 0.3 is 6.09 Å². The van der Waals surface area contributed by atoms with Crippen molar-refractivity contribution in [1.29, 1.82) is 5.26 Å². The number of hydrogen-bond acceptors (Lipinski definition) is 9. The summed E-state index contributed by atoms with van der Waals surface area (Å²) in [6.07, 6.45) is 3.84. The van der Waals surface area contributed by atoms with Crippen LogP contribution in [0.1, 0.15) is 5.69 Å². The predicted octanol–water partition coefficient (Wildman–Crippen LogP) is 1.69. The third kappa shape index (κ3) is 4.56. The molecular weight excluding hydrogens is 543 g/mol. The smallest absolute Gasteiger partial charge is 0.414 e. The molecule has 4 atom stereocenters. The van der Waals surface area contributed by atoms with Gasteiger partial charge in [-0.05, 0) is 24.3 Å². The highest BCUT2D eigenvalue weighted by Crippen LogP contribution is 2.62. The molecule has 12 nitrogen and oxygen atoms in total. The summed E-state index contributed by atoms with van der Waals surface area (Å²) >= 11 is 0. The van der Waals surface area contributed by atoms with Gasteiger partial charge in [-0.25, -0.2) is 13.9 Å². The summed E-state index contributed by atoms with van der Waals surface area (Å²) in [5.41, 5.74) is 1.23. The zero-order valence-corrected chi connectivity index (χ0v) is 22.8. The Morgan fingerprint density at radius 2 is 1.95 bits per heavy atom. The number of amides is 2. The number of cyclic esters (lactones) is 1. The molecule has 4 fully saturated rings. The van der Waals surface area contributed by atoms with Crippen LogP contribution in [0.15, 0.2) is 48.9 Å². The van der Waals surface area contributed by atoms with Gasteiger partial charge in [0.2, 0.25) is 5.91 Å². The average Bonchev–Trinajstić information content (AvgIpc) is 3.51. The molecule has 3 aromatic rings. The number of ether oxygens (including phenoxy) is 2. The minimum atomic E-state index is -0.727. The fourth-order valence-electron chi connectivity index (χ4n) is 6.56. The molecule has 42 heavy (non-hydrogen) atoms. The number of nitriles is 1. The minimum absolute atomic E-state index is 0.0408. The second kappa shape index (κ2) is 10.5. The summed E-state index contributed by atoms with van der Waals surface area (Å²) in [4.78, 5) is 35.2. The average molecular weight is 573 g/mol. The Labute approximate surface area is 241 Å². The van der Waals surface area contributed by atoms with E-state index in [9.17, 15) is 14.9 Å². The van der Waals surface area contributed by atoms with Gasteiger partial charge in [0.15, 0.2) is 0 Å². The molecule has 0 bridgehead atoms. The first kappa shape index (κ1) is 26.5. The molecule has 0 radical (unpaired) electrons. The summed E-state index contributed by atoms with van der Waals surface area (Å²) < 4.78 is 27.6. The summed E-state index contributed by atoms with van der Waals surface area (Å²) in [5, 5.41) is 17.8. The van der Waals surface area contributed by atoms with Crippen molar-refractivity contribution >= 4 is 17.7 Å². The van der Waals surface area contributed by atoms with Gasteiger partial charge in [-0.15, -0.1) is 5.10 Å². The van der Waals surface area contributed by atoms with E-state index in [-0.39, 0.29) is 24.3 Å². The highest BCUT2D eigenvalue weighted by atomic mass is 19.1. The second-order valence-electron chi connectivity index (χ2n) is 11.2. The van der Waals surface area contributed by atoms with E-state index in [2.05, 4.69) is 26.3 Å². The van der Waals surface area contributed by atoms with Gasteiger partial charge in [0, 0.05) is 61.5 Å². The van der Waals surface area contributed by atoms with Gasteiger partial charge in [0.25, 0.3) is 0 Å². The molecule has 7 rings (SSSR count). The van der Waals surface area contributed by atoms with Crippen LogP contribution in [0.5, 0.6) is 0 Å². The fraction of sp³-hybridized carbons (Fsp3) is 0.448. The van der Waals surface area contributed by atoms with Gasteiger partial charge in [-0.1, -0.05) is 11.3 Å². The third-order valence-corrected chi connectivity index (χ3v) is 8.88. The largest absolute Gasteiger partial charge is 0.442 e. The highest BCUT2D eigenvalue weighted by Gasteiger charge is 2.71. The zero-order valence-electron chi connectivity index (χ0n) is 22.8. The Morgan fingerprint density at radius 1 is 1.14 bits per heavy atom. The lowest BCUT2D eigenvalue weighted by molar-refractivity contribution is -0.133. The van der Waals surface area contributed by atoms with Gasteiger partial charge in [0.05, 0.1) is 56.5 Å². The maximum atomic E-state index is 15.3. The van der Waals surface area contributed by atoms with Gasteiger partial charge < -0.3 is 14.4 Å². The summed E-state index contributed by atoms with van der Waals surface area (Å²) in [7, 11) is 0. The highest BCUT2D eigenvalue weighted by molar-refractivity contribution is 5.90. The predicted molar refractivity (Wildman–Crippen MR) is 145 cm³/mol. The van der Waals surface area contributed by atoms with E-state index >= 15 is 4.39 Å². The number of anilines is 1. The number of pyridine rings is 1. The van der Waals surface area contributed by atoms with Gasteiger partial charge in [-0.2, -0.15) is 5.26 Å². The van der Waals surface area contributed by atoms with Crippen LogP contribution in [0, 0.1) is 29.0 Å². The van der Waals surface area contributed by atoms with Crippen molar-refractivity contribution in [3.05, 3.63) is 60.4 Å². The lowest BCUT2D eigenvalue weighted by Gasteiger charge is -2.29. The number of benzene rings is 1. The molecule has 0 N–H and O–H groups in total. The van der Waals surface area contributed by atoms with Crippen LogP contribution < -0.4 is 4.90 Å². The van der Waals surface area contributed by atoms with Crippen LogP contribution in [-0.2, 0) is 26.2 Å². The molecule has 2 aromatic heterocycles. The van der Waals surface area contributed by atoms with Crippen molar-refractivity contribution in [3.63, 3.8) is 0 Å². The van der Waals surface area contributed by atoms with Crippen LogP contribution in [-0.4, -0.2) is 100 Å². The monoisotopic (exact) mass is 572 g/mol. The number of carbonyl (C=O) groups is 2. The van der Waals surface area contributed by atoms with Crippen molar-refractivity contribution in [2.45, 2.75) is 18.1 Å². The van der Waals surface area contributed by atoms with Crippen molar-refractivity contribution in [1.82, 2.24) is 29.8 Å². The number of carbonyl (C=O) groups excluding carboxylic acids is 2. The number of aromatic nitrogens is 4. The van der Waals surface area contributed by atoms with Crippen LogP contribution in [0.4, 0.5) is 14.9 Å². The maximum Gasteiger partial charge on any atom is 0.414 e. The number of halogens is 1. The number of piperidine rings is 1. The molecule has 1 aliphatic carbocycles. The first-order chi connectivity index (χ1) is 20.5. The van der Waals surface area contributed by atoms with Crippen molar-refractivity contribution in [2.24, 2.45) is 11.8 Å². The summed E-state index contributed by atoms with van der Waals surface area (Å²) in [6.45, 7) is 4.88. The molecule has 1 aromatic carbocycles. The van der Waals surface area contributed by atoms with E-state index in [1.54, 1.807) is 47.5 Å². The first-order valence-corrected chi connectivity index (χ1v) is 14.0. The second-order valence-corrected chi connectivity index (χ2v) is 11.2. The lowest BCUT2D eigenvalue weighted by atomic mass is 9.95. The van der Waals surface area contributed by atoms with E-state index < -0.39 is 23.4 Å². The normalized spacial score (nSPS) is 27.0. The molecule has 3 saturated heterocycles. The Hall–Kier alpha value is -4.41. The number of fused-ring (bicyclic) bond motifs is 1. The van der Waals surface area contributed by atoms with Gasteiger partial charge in [-0.3, -0.25) is 19.6 Å². The van der Waals surface area contributed by atoms with Crippen molar-refractivity contribution in [3.8, 4) is 17.2 Å². The Balaban J connectivity index is 1.00. The first-order valence-electron chi connectivity index (χ1n) is 14.0. The number of likely N-dealkylation sites (tertiary alicyclic amines) is 1. The van der Waals surface area contributed by atoms with E-state index in [1.807, 2.05) is 4.90 Å². The van der Waals surface area contributed by atoms with Crippen molar-refractivity contribution < 1.29 is 23.5 Å². The molecule has 0 spiro atoms. The molecule has 2 amide bonds. The standard InChI is InChI=1S/C29H29FN8O4/c30-25-11-20(38-14-21(42-28(38)40)13-37-6-5-33-34-37)2-3-22(25)19-1-4-26(32-12-19)29(18-31)23-15-36(16-24(23)29)27(39)17-35-7-9-41-10-8-35/h1-6,11-12,21,23-24H,7-10,13-17H2/t21-,23-,24+,29+/m0/s1. The Kier molecular flexibility index (Phi) is 6.59. The third-order valence-electron chi connectivity index (χ3n) is 8.88. The molecule has 13 heteroatoms. The number of morpholine rings is 1. The fourth-order valence-corrected chi connectivity index (χ4v) is 6.56. The van der Waals surface area contributed by atoms with E-state index in [0.717, 1.165) is 13.1 Å². The molecule has 0 unspecified atom stereocenters. The van der Waals surface area contributed by atoms with Gasteiger partial charge in [0.1, 0.15) is 17.3 Å². The quantitative estimate of drug-likeness (QED) is 0.415. The van der Waals surface area contributed by atoms with Crippen LogP contribution >= 0.6 is 0 Å². The zero-order chi connectivity index (χ0) is 28.8. The van der Waals surface area contributed by atoms with Crippen LogP contribution in [0.2, 0.25) is 0 Å². The Morgan fingerprint density at radius 3 is 2.62 bits per heavy atom. The summed E-state index contributed by atoms with van der Waals surface area (Å²) in [6, 6.07) is 10.6. The minimum Gasteiger partial charge on any atom is -0.442 e. The van der Waals surface area contributed by atoms with Crippen molar-refractivity contribution in [2.75, 3.05) is 57.4 Å². The molecule has 3 aliphatic heterocycles. The number of rotatable bonds is 7. The number of nitrogens with zero attached hydrogens (tertiary/aromatic N) is 8. The Bertz CT molecular complexity index is 1520. The van der Waals surface area contributed by atoms with E-state index in [1.165, 1.54) is 11.0 Å². The molecule has 4 aliphatic rings. The van der Waals surface area contributed by atoms with Crippen LogP contribution in [0.3, 0.4) is 0 Å². The summed E-state index contributed by atoms with van der Waals surface area (Å²) in [5.74, 6) is -0.327. The van der Waals surface area contributed by atoms with Crippen LogP contribution in [0.25, 0.3) is 11.1 Å². The topological polar surface area (TPSA) is 130 Å². The van der Waals surface area contributed by atoms with E-state index in [4.69, 9.17) is 9.47 Å². The molecule has 1 saturated carbocycles.